The molecule has 1 fully saturated rings. The van der Waals surface area contributed by atoms with Gasteiger partial charge in [-0.3, -0.25) is 4.79 Å². The van der Waals surface area contributed by atoms with E-state index < -0.39 is 0 Å². The summed E-state index contributed by atoms with van der Waals surface area (Å²) in [5.41, 5.74) is 3.55. The number of carbonyl (C=O) groups is 2. The number of hydrogen-bond acceptors (Lipinski definition) is 5. The third-order valence-corrected chi connectivity index (χ3v) is 8.01. The highest BCUT2D eigenvalue weighted by molar-refractivity contribution is 7.18. The second kappa shape index (κ2) is 8.23. The molecule has 27 heavy (non-hydrogen) atoms. The van der Waals surface area contributed by atoms with Crippen molar-refractivity contribution in [2.45, 2.75) is 64.7 Å². The molecule has 4 rings (SSSR count). The van der Waals surface area contributed by atoms with Gasteiger partial charge in [0.2, 0.25) is 5.91 Å². The zero-order valence-corrected chi connectivity index (χ0v) is 17.4. The molecular weight excluding hydrogens is 376 g/mol. The largest absolute Gasteiger partial charge is 0.317 e. The smallest absolute Gasteiger partial charge is 0.228 e. The molecule has 6 heteroatoms. The Morgan fingerprint density at radius 1 is 1.19 bits per heavy atom. The minimum absolute atomic E-state index is 0.0118. The lowest BCUT2D eigenvalue weighted by atomic mass is 9.79. The van der Waals surface area contributed by atoms with E-state index in [4.69, 9.17) is 4.98 Å². The van der Waals surface area contributed by atoms with Crippen molar-refractivity contribution in [1.29, 1.82) is 0 Å². The van der Waals surface area contributed by atoms with Crippen molar-refractivity contribution in [3.05, 3.63) is 21.5 Å². The number of aryl methyl sites for hydroxylation is 2. The second-order valence-electron chi connectivity index (χ2n) is 7.74. The molecule has 2 unspecified atom stereocenters. The van der Waals surface area contributed by atoms with Gasteiger partial charge in [0.05, 0.1) is 0 Å². The lowest BCUT2D eigenvalue weighted by Crippen LogP contribution is -2.32. The average Bonchev–Trinajstić information content (AvgIpc) is 3.16. The maximum atomic E-state index is 13.0. The van der Waals surface area contributed by atoms with E-state index in [-0.39, 0.29) is 17.7 Å². The molecule has 1 saturated carbocycles. The predicted octanol–water partition coefficient (Wildman–Crippen LogP) is 5.39. The first-order valence-corrected chi connectivity index (χ1v) is 11.7. The van der Waals surface area contributed by atoms with Crippen LogP contribution in [0.3, 0.4) is 0 Å². The highest BCUT2D eigenvalue weighted by Crippen LogP contribution is 2.45. The van der Waals surface area contributed by atoms with Crippen molar-refractivity contribution in [3.8, 4) is 10.6 Å². The van der Waals surface area contributed by atoms with Crippen LogP contribution < -0.4 is 5.32 Å². The quantitative estimate of drug-likeness (QED) is 0.551. The van der Waals surface area contributed by atoms with E-state index in [9.17, 15) is 9.59 Å². The zero-order chi connectivity index (χ0) is 18.8. The number of carbonyl (C=O) groups excluding carboxylic acids is 2. The van der Waals surface area contributed by atoms with E-state index in [1.54, 1.807) is 22.7 Å². The summed E-state index contributed by atoms with van der Waals surface area (Å²) in [4.78, 5) is 30.6. The summed E-state index contributed by atoms with van der Waals surface area (Å²) in [6.07, 6.45) is 10.5. The van der Waals surface area contributed by atoms with Gasteiger partial charge in [-0.25, -0.2) is 4.98 Å². The van der Waals surface area contributed by atoms with Crippen LogP contribution in [0.4, 0.5) is 5.00 Å². The summed E-state index contributed by atoms with van der Waals surface area (Å²) >= 11 is 3.38. The van der Waals surface area contributed by atoms with Crippen LogP contribution in [0.1, 0.15) is 61.1 Å². The molecule has 1 amide bonds. The maximum absolute atomic E-state index is 13.0. The topological polar surface area (TPSA) is 59.1 Å². The summed E-state index contributed by atoms with van der Waals surface area (Å²) in [5.74, 6) is -0.316. The van der Waals surface area contributed by atoms with Gasteiger partial charge in [-0.1, -0.05) is 19.3 Å². The number of rotatable bonds is 4. The molecule has 2 aliphatic rings. The Balaban J connectivity index is 1.67. The van der Waals surface area contributed by atoms with Crippen molar-refractivity contribution in [1.82, 2.24) is 4.98 Å². The number of aldehydes is 1. The molecule has 0 spiro atoms. The van der Waals surface area contributed by atoms with Crippen LogP contribution in [0.15, 0.2) is 5.38 Å². The number of amides is 1. The number of nitrogens with one attached hydrogen (secondary N) is 1. The highest BCUT2D eigenvalue weighted by atomic mass is 32.1. The lowest BCUT2D eigenvalue weighted by Gasteiger charge is -2.26. The van der Waals surface area contributed by atoms with E-state index in [1.165, 1.54) is 29.7 Å². The molecule has 0 radical (unpaired) electrons. The fourth-order valence-electron chi connectivity index (χ4n) is 4.38. The predicted molar refractivity (Wildman–Crippen MR) is 112 cm³/mol. The van der Waals surface area contributed by atoms with Gasteiger partial charge in [0, 0.05) is 33.4 Å². The van der Waals surface area contributed by atoms with Gasteiger partial charge in [-0.15, -0.1) is 22.7 Å². The zero-order valence-electron chi connectivity index (χ0n) is 15.8. The van der Waals surface area contributed by atoms with Crippen LogP contribution in [-0.2, 0) is 22.4 Å². The Kier molecular flexibility index (Phi) is 5.74. The van der Waals surface area contributed by atoms with Crippen LogP contribution in [0.5, 0.6) is 0 Å². The van der Waals surface area contributed by atoms with E-state index in [2.05, 4.69) is 10.7 Å². The Bertz CT molecular complexity index is 839. The number of hydrogen-bond donors (Lipinski definition) is 1. The number of thiophene rings is 1. The molecule has 4 nitrogen and oxygen atoms in total. The molecule has 0 aromatic carbocycles. The van der Waals surface area contributed by atoms with Gasteiger partial charge < -0.3 is 10.1 Å². The number of fused-ring (bicyclic) bond motifs is 1. The van der Waals surface area contributed by atoms with Crippen LogP contribution >= 0.6 is 22.7 Å². The number of anilines is 1. The normalized spacial score (nSPS) is 22.7. The minimum atomic E-state index is -0.191. The van der Waals surface area contributed by atoms with Crippen molar-refractivity contribution in [2.24, 2.45) is 11.8 Å². The Hall–Kier alpha value is -1.53. The van der Waals surface area contributed by atoms with Crippen LogP contribution in [-0.4, -0.2) is 17.2 Å². The van der Waals surface area contributed by atoms with Crippen LogP contribution in [0.2, 0.25) is 0 Å². The molecule has 2 aliphatic carbocycles. The van der Waals surface area contributed by atoms with E-state index >= 15 is 0 Å². The van der Waals surface area contributed by atoms with Gasteiger partial charge in [-0.05, 0) is 51.0 Å². The third kappa shape index (κ3) is 3.87. The monoisotopic (exact) mass is 402 g/mol. The fourth-order valence-corrected chi connectivity index (χ4v) is 6.61. The maximum Gasteiger partial charge on any atom is 0.228 e. The van der Waals surface area contributed by atoms with Gasteiger partial charge in [0.1, 0.15) is 16.3 Å². The Morgan fingerprint density at radius 2 is 2.00 bits per heavy atom. The molecular formula is C21H26N2O2S2. The molecule has 0 saturated heterocycles. The van der Waals surface area contributed by atoms with Gasteiger partial charge >= 0.3 is 0 Å². The SMILES string of the molecule is Cc1csc(-c2c(NC(=O)C3CCCCC3C=O)sc3c2CCCCC3)n1. The van der Waals surface area contributed by atoms with Crippen molar-refractivity contribution in [2.75, 3.05) is 5.32 Å². The van der Waals surface area contributed by atoms with Crippen LogP contribution in [0, 0.1) is 18.8 Å². The van der Waals surface area contributed by atoms with Gasteiger partial charge in [-0.2, -0.15) is 0 Å². The van der Waals surface area contributed by atoms with Crippen LogP contribution in [0.25, 0.3) is 10.6 Å². The molecule has 0 aliphatic heterocycles. The molecule has 0 bridgehead atoms. The van der Waals surface area contributed by atoms with Gasteiger partial charge in [0.15, 0.2) is 0 Å². The average molecular weight is 403 g/mol. The molecule has 2 aromatic heterocycles. The first kappa shape index (κ1) is 18.8. The van der Waals surface area contributed by atoms with Crippen molar-refractivity contribution < 1.29 is 9.59 Å². The molecule has 2 atom stereocenters. The van der Waals surface area contributed by atoms with Gasteiger partial charge in [0.25, 0.3) is 0 Å². The number of aromatic nitrogens is 1. The summed E-state index contributed by atoms with van der Waals surface area (Å²) in [7, 11) is 0. The summed E-state index contributed by atoms with van der Waals surface area (Å²) in [5, 5.41) is 7.24. The number of thiazole rings is 1. The van der Waals surface area contributed by atoms with Crippen molar-refractivity contribution >= 4 is 39.9 Å². The van der Waals surface area contributed by atoms with E-state index in [0.29, 0.717) is 0 Å². The second-order valence-corrected chi connectivity index (χ2v) is 9.71. The fraction of sp³-hybridized carbons (Fsp3) is 0.571. The van der Waals surface area contributed by atoms with Crippen molar-refractivity contribution in [3.63, 3.8) is 0 Å². The minimum Gasteiger partial charge on any atom is -0.317 e. The Morgan fingerprint density at radius 3 is 2.78 bits per heavy atom. The third-order valence-electron chi connectivity index (χ3n) is 5.82. The summed E-state index contributed by atoms with van der Waals surface area (Å²) < 4.78 is 0. The molecule has 2 heterocycles. The Labute approximate surface area is 168 Å². The highest BCUT2D eigenvalue weighted by Gasteiger charge is 2.32. The summed E-state index contributed by atoms with van der Waals surface area (Å²) in [6.45, 7) is 2.01. The molecule has 1 N–H and O–H groups in total. The lowest BCUT2D eigenvalue weighted by molar-refractivity contribution is -0.126. The molecule has 144 valence electrons. The standard InChI is InChI=1S/C21H26N2O2S2/c1-13-12-26-20(22-13)18-16-9-3-2-4-10-17(16)27-21(18)23-19(25)15-8-6-5-7-14(15)11-24/h11-12,14-15H,2-10H2,1H3,(H,23,25). The van der Waals surface area contributed by atoms with E-state index in [1.807, 2.05) is 6.92 Å². The summed E-state index contributed by atoms with van der Waals surface area (Å²) in [6, 6.07) is 0. The first-order chi connectivity index (χ1) is 13.2. The molecule has 2 aromatic rings. The van der Waals surface area contributed by atoms with E-state index in [0.717, 1.165) is 66.1 Å². The first-order valence-electron chi connectivity index (χ1n) is 10.0. The number of nitrogens with zero attached hydrogens (tertiary/aromatic N) is 1.